The number of para-hydroxylation sites is 1. The molecule has 5 heteroatoms. The van der Waals surface area contributed by atoms with Crippen LogP contribution in [0.5, 0.6) is 0 Å². The first-order valence-corrected chi connectivity index (χ1v) is 5.80. The number of nitriles is 1. The number of rotatable bonds is 1. The van der Waals surface area contributed by atoms with E-state index in [1.807, 2.05) is 0 Å². The predicted molar refractivity (Wildman–Crippen MR) is 69.9 cm³/mol. The quantitative estimate of drug-likeness (QED) is 0.800. The Kier molecular flexibility index (Phi) is 2.50. The Morgan fingerprint density at radius 3 is 2.89 bits per heavy atom. The van der Waals surface area contributed by atoms with Gasteiger partial charge in [-0.25, -0.2) is 4.39 Å². The second-order valence-electron chi connectivity index (χ2n) is 4.34. The molecule has 2 aliphatic rings. The first-order chi connectivity index (χ1) is 9.20. The van der Waals surface area contributed by atoms with Crippen molar-refractivity contribution in [2.24, 2.45) is 5.73 Å². The van der Waals surface area contributed by atoms with Crippen molar-refractivity contribution in [3.8, 4) is 6.07 Å². The topological polar surface area (TPSA) is 65.1 Å². The molecule has 1 aromatic rings. The van der Waals surface area contributed by atoms with Gasteiger partial charge in [0.25, 0.3) is 0 Å². The van der Waals surface area contributed by atoms with Gasteiger partial charge in [0.1, 0.15) is 23.3 Å². The monoisotopic (exact) mass is 254 g/mol. The number of nitrogens with one attached hydrogen (secondary N) is 1. The summed E-state index contributed by atoms with van der Waals surface area (Å²) < 4.78 is 13.8. The van der Waals surface area contributed by atoms with Crippen LogP contribution in [-0.2, 0) is 0 Å². The molecule has 94 valence electrons. The minimum Gasteiger partial charge on any atom is -0.384 e. The van der Waals surface area contributed by atoms with Gasteiger partial charge in [-0.05, 0) is 17.7 Å². The van der Waals surface area contributed by atoms with Gasteiger partial charge >= 0.3 is 0 Å². The van der Waals surface area contributed by atoms with Crippen molar-refractivity contribution in [3.05, 3.63) is 65.0 Å². The summed E-state index contributed by atoms with van der Waals surface area (Å²) in [4.78, 5) is 1.77. The average molecular weight is 254 g/mol. The van der Waals surface area contributed by atoms with Crippen molar-refractivity contribution in [1.29, 1.82) is 5.26 Å². The molecule has 0 amide bonds. The van der Waals surface area contributed by atoms with Gasteiger partial charge in [-0.3, -0.25) is 0 Å². The van der Waals surface area contributed by atoms with Crippen LogP contribution in [0.2, 0.25) is 0 Å². The Labute approximate surface area is 109 Å². The van der Waals surface area contributed by atoms with Crippen molar-refractivity contribution in [1.82, 2.24) is 5.32 Å². The molecular formula is C14H11FN4. The molecule has 0 fully saturated rings. The SMILES string of the molecule is N#CC1=C(N)NC=C2CN(c3ccccc3F)C=C21. The number of halogens is 1. The van der Waals surface area contributed by atoms with Gasteiger partial charge in [0.05, 0.1) is 5.69 Å². The molecular weight excluding hydrogens is 243 g/mol. The Hall–Kier alpha value is -2.74. The number of dihydropyridines is 1. The third-order valence-corrected chi connectivity index (χ3v) is 3.19. The summed E-state index contributed by atoms with van der Waals surface area (Å²) in [5.74, 6) is 0.0369. The molecule has 2 heterocycles. The molecule has 0 atom stereocenters. The average Bonchev–Trinajstić information content (AvgIpc) is 2.83. The zero-order valence-electron chi connectivity index (χ0n) is 10.0. The van der Waals surface area contributed by atoms with Crippen LogP contribution in [-0.4, -0.2) is 6.54 Å². The van der Waals surface area contributed by atoms with E-state index in [9.17, 15) is 4.39 Å². The number of hydrogen-bond donors (Lipinski definition) is 2. The second kappa shape index (κ2) is 4.18. The molecule has 2 aliphatic heterocycles. The highest BCUT2D eigenvalue weighted by molar-refractivity contribution is 5.67. The van der Waals surface area contributed by atoms with Crippen molar-refractivity contribution >= 4 is 5.69 Å². The molecule has 3 N–H and O–H groups in total. The van der Waals surface area contributed by atoms with Crippen molar-refractivity contribution in [2.75, 3.05) is 11.4 Å². The Morgan fingerprint density at radius 1 is 1.37 bits per heavy atom. The van der Waals surface area contributed by atoms with Crippen LogP contribution in [0.3, 0.4) is 0 Å². The number of fused-ring (bicyclic) bond motifs is 1. The zero-order chi connectivity index (χ0) is 13.4. The smallest absolute Gasteiger partial charge is 0.146 e. The van der Waals surface area contributed by atoms with Crippen LogP contribution in [0.4, 0.5) is 10.1 Å². The van der Waals surface area contributed by atoms with E-state index < -0.39 is 0 Å². The van der Waals surface area contributed by atoms with Crippen LogP contribution >= 0.6 is 0 Å². The Morgan fingerprint density at radius 2 is 2.16 bits per heavy atom. The molecule has 0 radical (unpaired) electrons. The summed E-state index contributed by atoms with van der Waals surface area (Å²) >= 11 is 0. The summed E-state index contributed by atoms with van der Waals surface area (Å²) in [5.41, 5.74) is 8.29. The molecule has 0 saturated carbocycles. The van der Waals surface area contributed by atoms with Crippen LogP contribution in [0.25, 0.3) is 0 Å². The lowest BCUT2D eigenvalue weighted by Gasteiger charge is -2.16. The maximum atomic E-state index is 13.8. The maximum absolute atomic E-state index is 13.8. The van der Waals surface area contributed by atoms with Gasteiger partial charge in [-0.1, -0.05) is 12.1 Å². The van der Waals surface area contributed by atoms with Gasteiger partial charge in [0.15, 0.2) is 0 Å². The normalized spacial score (nSPS) is 17.4. The highest BCUT2D eigenvalue weighted by Crippen LogP contribution is 2.33. The maximum Gasteiger partial charge on any atom is 0.146 e. The lowest BCUT2D eigenvalue weighted by atomic mass is 10.0. The molecule has 0 bridgehead atoms. The minimum atomic E-state index is -0.290. The summed E-state index contributed by atoms with van der Waals surface area (Å²) in [7, 11) is 0. The van der Waals surface area contributed by atoms with Crippen molar-refractivity contribution in [2.45, 2.75) is 0 Å². The van der Waals surface area contributed by atoms with E-state index in [0.717, 1.165) is 11.1 Å². The molecule has 0 aliphatic carbocycles. The summed E-state index contributed by atoms with van der Waals surface area (Å²) in [6.07, 6.45) is 3.51. The lowest BCUT2D eigenvalue weighted by Crippen LogP contribution is -2.22. The second-order valence-corrected chi connectivity index (χ2v) is 4.34. The van der Waals surface area contributed by atoms with Crippen LogP contribution in [0, 0.1) is 17.1 Å². The van der Waals surface area contributed by atoms with E-state index in [0.29, 0.717) is 23.6 Å². The van der Waals surface area contributed by atoms with E-state index >= 15 is 0 Å². The fourth-order valence-corrected chi connectivity index (χ4v) is 2.24. The summed E-state index contributed by atoms with van der Waals surface area (Å²) in [5, 5.41) is 12.0. The number of benzene rings is 1. The van der Waals surface area contributed by atoms with E-state index in [4.69, 9.17) is 11.0 Å². The molecule has 19 heavy (non-hydrogen) atoms. The van der Waals surface area contributed by atoms with Crippen molar-refractivity contribution in [3.63, 3.8) is 0 Å². The predicted octanol–water partition coefficient (Wildman–Crippen LogP) is 1.71. The molecule has 0 unspecified atom stereocenters. The lowest BCUT2D eigenvalue weighted by molar-refractivity contribution is 0.626. The Bertz CT molecular complexity index is 679. The third kappa shape index (κ3) is 1.74. The number of hydrogen-bond acceptors (Lipinski definition) is 4. The molecule has 4 nitrogen and oxygen atoms in total. The van der Waals surface area contributed by atoms with E-state index in [2.05, 4.69) is 11.4 Å². The van der Waals surface area contributed by atoms with Gasteiger partial charge in [0.2, 0.25) is 0 Å². The van der Waals surface area contributed by atoms with Crippen LogP contribution in [0.1, 0.15) is 0 Å². The highest BCUT2D eigenvalue weighted by Gasteiger charge is 2.27. The van der Waals surface area contributed by atoms with E-state index in [1.54, 1.807) is 35.5 Å². The van der Waals surface area contributed by atoms with E-state index in [-0.39, 0.29) is 5.82 Å². The zero-order valence-corrected chi connectivity index (χ0v) is 10.0. The van der Waals surface area contributed by atoms with Crippen molar-refractivity contribution < 1.29 is 4.39 Å². The molecule has 1 aromatic carbocycles. The van der Waals surface area contributed by atoms with E-state index in [1.165, 1.54) is 6.07 Å². The first kappa shape index (κ1) is 11.4. The van der Waals surface area contributed by atoms with Gasteiger partial charge in [0, 0.05) is 24.5 Å². The van der Waals surface area contributed by atoms with Gasteiger partial charge in [-0.2, -0.15) is 5.26 Å². The third-order valence-electron chi connectivity index (χ3n) is 3.19. The fourth-order valence-electron chi connectivity index (χ4n) is 2.24. The summed E-state index contributed by atoms with van der Waals surface area (Å²) in [6.45, 7) is 0.516. The number of nitrogens with two attached hydrogens (primary N) is 1. The molecule has 3 rings (SSSR count). The Balaban J connectivity index is 2.03. The number of allylic oxidation sites excluding steroid dienone is 1. The number of nitrogens with zero attached hydrogens (tertiary/aromatic N) is 2. The molecule has 0 aromatic heterocycles. The largest absolute Gasteiger partial charge is 0.384 e. The summed E-state index contributed by atoms with van der Waals surface area (Å²) in [6, 6.07) is 8.62. The number of anilines is 1. The first-order valence-electron chi connectivity index (χ1n) is 5.80. The standard InChI is InChI=1S/C14H11FN4/c15-12-3-1-2-4-13(12)19-7-9-6-18-14(17)10(5-16)11(9)8-19/h1-4,6,8,18H,7,17H2. The van der Waals surface area contributed by atoms with Gasteiger partial charge < -0.3 is 16.0 Å². The molecule has 0 spiro atoms. The molecule has 0 saturated heterocycles. The highest BCUT2D eigenvalue weighted by atomic mass is 19.1. The fraction of sp³-hybridized carbons (Fsp3) is 0.0714. The van der Waals surface area contributed by atoms with Crippen LogP contribution in [0.15, 0.2) is 59.2 Å². The van der Waals surface area contributed by atoms with Crippen LogP contribution < -0.4 is 16.0 Å². The minimum absolute atomic E-state index is 0.290. The van der Waals surface area contributed by atoms with Gasteiger partial charge in [-0.15, -0.1) is 0 Å².